The Morgan fingerprint density at radius 1 is 1.71 bits per heavy atom. The summed E-state index contributed by atoms with van der Waals surface area (Å²) in [5.41, 5.74) is -0.0571. The molecule has 0 radical (unpaired) electrons. The van der Waals surface area contributed by atoms with Gasteiger partial charge in [0.15, 0.2) is 0 Å². The first-order valence-electron chi connectivity index (χ1n) is 5.62. The van der Waals surface area contributed by atoms with E-state index in [1.54, 1.807) is 0 Å². The second kappa shape index (κ2) is 6.26. The predicted molar refractivity (Wildman–Crippen MR) is 66.1 cm³/mol. The molecule has 0 spiro atoms. The number of carboxylic acids is 1. The summed E-state index contributed by atoms with van der Waals surface area (Å²) in [4.78, 5) is 21.0. The first kappa shape index (κ1) is 14.3. The normalized spacial score (nSPS) is 24.2. The zero-order chi connectivity index (χ0) is 12.9. The molecule has 0 aliphatic carbocycles. The lowest BCUT2D eigenvalue weighted by atomic mass is 10.1. The van der Waals surface area contributed by atoms with Crippen LogP contribution in [-0.2, 0) is 14.3 Å². The third-order valence-electron chi connectivity index (χ3n) is 2.71. The Morgan fingerprint density at radius 2 is 2.41 bits per heavy atom. The van der Waals surface area contributed by atoms with Crippen molar-refractivity contribution in [2.75, 3.05) is 11.5 Å². The van der Waals surface area contributed by atoms with Gasteiger partial charge in [0, 0.05) is 11.5 Å². The van der Waals surface area contributed by atoms with E-state index in [2.05, 4.69) is 19.2 Å². The second-order valence-electron chi connectivity index (χ2n) is 4.75. The highest BCUT2D eigenvalue weighted by Crippen LogP contribution is 2.30. The third-order valence-corrected chi connectivity index (χ3v) is 3.89. The summed E-state index contributed by atoms with van der Waals surface area (Å²) >= 11 is 1.50. The minimum Gasteiger partial charge on any atom is -0.480 e. The number of carbonyl (C=O) groups is 2. The van der Waals surface area contributed by atoms with Gasteiger partial charge in [-0.1, -0.05) is 0 Å². The molecule has 1 aliphatic heterocycles. The first-order chi connectivity index (χ1) is 7.94. The minimum atomic E-state index is -1.00. The number of nitrogens with one attached hydrogen (secondary N) is 1. The quantitative estimate of drug-likeness (QED) is 0.665. The van der Waals surface area contributed by atoms with E-state index in [9.17, 15) is 9.59 Å². The summed E-state index contributed by atoms with van der Waals surface area (Å²) in [6.07, 6.45) is 2.67. The zero-order valence-corrected chi connectivity index (χ0v) is 11.0. The largest absolute Gasteiger partial charge is 0.480 e. The van der Waals surface area contributed by atoms with Crippen molar-refractivity contribution >= 4 is 24.1 Å². The Kier molecular flexibility index (Phi) is 5.27. The zero-order valence-electron chi connectivity index (χ0n) is 10.1. The molecule has 0 aromatic heterocycles. The van der Waals surface area contributed by atoms with Crippen LogP contribution in [0.2, 0.25) is 0 Å². The average molecular weight is 261 g/mol. The number of rotatable bonds is 7. The molecule has 1 aliphatic rings. The molecule has 0 aromatic rings. The molecule has 0 aromatic carbocycles. The van der Waals surface area contributed by atoms with Gasteiger partial charge >= 0.3 is 5.97 Å². The van der Waals surface area contributed by atoms with E-state index in [0.29, 0.717) is 12.2 Å². The third kappa shape index (κ3) is 4.95. The van der Waals surface area contributed by atoms with Crippen LogP contribution in [0.25, 0.3) is 0 Å². The summed E-state index contributed by atoms with van der Waals surface area (Å²) in [6, 6.07) is -0.813. The van der Waals surface area contributed by atoms with E-state index in [0.717, 1.165) is 18.6 Å². The molecule has 5 nitrogen and oxygen atoms in total. The van der Waals surface area contributed by atoms with E-state index in [-0.39, 0.29) is 11.7 Å². The van der Waals surface area contributed by atoms with E-state index in [1.807, 2.05) is 0 Å². The Morgan fingerprint density at radius 3 is 2.88 bits per heavy atom. The van der Waals surface area contributed by atoms with Crippen LogP contribution in [0.3, 0.4) is 0 Å². The number of amides is 1. The number of ether oxygens (including phenoxy) is 1. The van der Waals surface area contributed by atoms with Crippen molar-refractivity contribution in [2.24, 2.45) is 0 Å². The summed E-state index contributed by atoms with van der Waals surface area (Å²) in [6.45, 7) is 4.12. The molecular formula is C11H19NO4S. The molecule has 1 heterocycles. The van der Waals surface area contributed by atoms with Crippen LogP contribution in [0.4, 0.5) is 0 Å². The highest BCUT2D eigenvalue weighted by atomic mass is 32.2. The van der Waals surface area contributed by atoms with Crippen LogP contribution in [0.1, 0.15) is 26.7 Å². The van der Waals surface area contributed by atoms with Gasteiger partial charge in [-0.25, -0.2) is 4.79 Å². The smallest absolute Gasteiger partial charge is 0.327 e. The summed E-state index contributed by atoms with van der Waals surface area (Å²) < 4.78 is 5.79. The highest BCUT2D eigenvalue weighted by Gasteiger charge is 2.31. The van der Waals surface area contributed by atoms with Gasteiger partial charge in [-0.15, -0.1) is 0 Å². The van der Waals surface area contributed by atoms with Crippen molar-refractivity contribution in [1.82, 2.24) is 5.32 Å². The van der Waals surface area contributed by atoms with Gasteiger partial charge in [0.25, 0.3) is 0 Å². The van der Waals surface area contributed by atoms with Crippen LogP contribution in [0.5, 0.6) is 0 Å². The van der Waals surface area contributed by atoms with Crippen LogP contribution >= 0.6 is 11.8 Å². The Balaban J connectivity index is 2.23. The molecule has 0 bridgehead atoms. The number of hydrogen-bond acceptors (Lipinski definition) is 4. The number of aliphatic carboxylic acids is 1. The molecule has 1 rings (SSSR count). The van der Waals surface area contributed by atoms with Crippen molar-refractivity contribution in [3.05, 3.63) is 0 Å². The Bertz CT molecular complexity index is 283. The Labute approximate surface area is 105 Å². The standard InChI is InChI=1S/C11H19NO4S/c1-11(2)4-3-8(16-11)5-17-6-9(10(14)15)12-7-13/h7-9H,3-6H2,1-2H3,(H,12,13)(H,14,15). The van der Waals surface area contributed by atoms with Crippen LogP contribution in [-0.4, -0.2) is 46.7 Å². The SMILES string of the molecule is CC1(C)CCC(CSCC(NC=O)C(=O)O)O1. The van der Waals surface area contributed by atoms with Crippen LogP contribution in [0, 0.1) is 0 Å². The lowest BCUT2D eigenvalue weighted by molar-refractivity contribution is -0.139. The molecule has 0 saturated carbocycles. The van der Waals surface area contributed by atoms with E-state index in [4.69, 9.17) is 9.84 Å². The fourth-order valence-electron chi connectivity index (χ4n) is 1.79. The molecule has 98 valence electrons. The monoisotopic (exact) mass is 261 g/mol. The number of carbonyl (C=O) groups excluding carboxylic acids is 1. The number of thioether (sulfide) groups is 1. The lowest BCUT2D eigenvalue weighted by Gasteiger charge is -2.19. The van der Waals surface area contributed by atoms with Gasteiger partial charge in [-0.05, 0) is 26.7 Å². The maximum atomic E-state index is 10.8. The van der Waals surface area contributed by atoms with E-state index < -0.39 is 12.0 Å². The molecule has 1 amide bonds. The van der Waals surface area contributed by atoms with Crippen LogP contribution < -0.4 is 5.32 Å². The van der Waals surface area contributed by atoms with Gasteiger partial charge in [0.1, 0.15) is 6.04 Å². The topological polar surface area (TPSA) is 75.6 Å². The van der Waals surface area contributed by atoms with Gasteiger partial charge in [0.05, 0.1) is 11.7 Å². The van der Waals surface area contributed by atoms with Crippen molar-refractivity contribution in [1.29, 1.82) is 0 Å². The molecule has 1 saturated heterocycles. The fraction of sp³-hybridized carbons (Fsp3) is 0.818. The molecule has 6 heteroatoms. The van der Waals surface area contributed by atoms with Crippen molar-refractivity contribution in [2.45, 2.75) is 44.4 Å². The minimum absolute atomic E-state index is 0.0571. The van der Waals surface area contributed by atoms with Crippen molar-refractivity contribution < 1.29 is 19.4 Å². The fourth-order valence-corrected chi connectivity index (χ4v) is 2.89. The lowest BCUT2D eigenvalue weighted by Crippen LogP contribution is -2.38. The number of carboxylic acid groups (broad SMARTS) is 1. The number of hydrogen-bond donors (Lipinski definition) is 2. The predicted octanol–water partition coefficient (Wildman–Crippen LogP) is 0.876. The van der Waals surface area contributed by atoms with Gasteiger partial charge in [0.2, 0.25) is 6.41 Å². The van der Waals surface area contributed by atoms with Gasteiger partial charge in [-0.3, -0.25) is 4.79 Å². The average Bonchev–Trinajstić information content (AvgIpc) is 2.57. The van der Waals surface area contributed by atoms with Gasteiger partial charge in [-0.2, -0.15) is 11.8 Å². The van der Waals surface area contributed by atoms with Crippen molar-refractivity contribution in [3.8, 4) is 0 Å². The summed E-state index contributed by atoms with van der Waals surface area (Å²) in [5.74, 6) is 0.138. The maximum Gasteiger partial charge on any atom is 0.327 e. The van der Waals surface area contributed by atoms with Crippen molar-refractivity contribution in [3.63, 3.8) is 0 Å². The highest BCUT2D eigenvalue weighted by molar-refractivity contribution is 7.99. The summed E-state index contributed by atoms with van der Waals surface area (Å²) in [5, 5.41) is 11.1. The molecule has 1 fully saturated rings. The second-order valence-corrected chi connectivity index (χ2v) is 5.83. The van der Waals surface area contributed by atoms with E-state index in [1.165, 1.54) is 11.8 Å². The molecule has 2 atom stereocenters. The molecular weight excluding hydrogens is 242 g/mol. The maximum absolute atomic E-state index is 10.8. The van der Waals surface area contributed by atoms with Gasteiger partial charge < -0.3 is 15.2 Å². The molecule has 2 unspecified atom stereocenters. The van der Waals surface area contributed by atoms with E-state index >= 15 is 0 Å². The first-order valence-corrected chi connectivity index (χ1v) is 6.78. The summed E-state index contributed by atoms with van der Waals surface area (Å²) in [7, 11) is 0. The molecule has 17 heavy (non-hydrogen) atoms. The van der Waals surface area contributed by atoms with Crippen LogP contribution in [0.15, 0.2) is 0 Å². The molecule has 2 N–H and O–H groups in total. The Hall–Kier alpha value is -0.750.